The third-order valence-corrected chi connectivity index (χ3v) is 3.04. The van der Waals surface area contributed by atoms with E-state index in [0.29, 0.717) is 18.9 Å². The van der Waals surface area contributed by atoms with E-state index in [9.17, 15) is 9.59 Å². The Balaban J connectivity index is 2.03. The molecular formula is C15H18N4O3. The number of nitrogens with one attached hydrogen (secondary N) is 2. The third-order valence-electron chi connectivity index (χ3n) is 3.04. The van der Waals surface area contributed by atoms with Crippen LogP contribution in [0.5, 0.6) is 0 Å². The molecule has 1 atom stereocenters. The molecule has 2 rings (SSSR count). The quantitative estimate of drug-likeness (QED) is 0.677. The van der Waals surface area contributed by atoms with Crippen LogP contribution in [0.15, 0.2) is 41.0 Å². The van der Waals surface area contributed by atoms with Crippen molar-refractivity contribution in [2.75, 3.05) is 7.05 Å². The molecule has 0 bridgehead atoms. The molecule has 1 aromatic heterocycles. The maximum Gasteiger partial charge on any atom is 0.273 e. The Hall–Kier alpha value is -2.67. The van der Waals surface area contributed by atoms with Crippen molar-refractivity contribution in [2.24, 2.45) is 5.73 Å². The fraction of sp³-hybridized carbons (Fsp3) is 0.267. The summed E-state index contributed by atoms with van der Waals surface area (Å²) in [5, 5.41) is 5.45. The van der Waals surface area contributed by atoms with Gasteiger partial charge in [-0.15, -0.1) is 0 Å². The van der Waals surface area contributed by atoms with Gasteiger partial charge in [-0.25, -0.2) is 4.98 Å². The predicted molar refractivity (Wildman–Crippen MR) is 79.9 cm³/mol. The molecule has 0 saturated carbocycles. The van der Waals surface area contributed by atoms with E-state index in [1.54, 1.807) is 7.05 Å². The third kappa shape index (κ3) is 4.16. The van der Waals surface area contributed by atoms with Crippen molar-refractivity contribution in [3.8, 4) is 0 Å². The molecule has 7 heteroatoms. The standard InChI is InChI=1S/C15H18N4O3/c1-17-8-13-18-12(9-22-13)15(21)19-11(14(16)20)7-10-5-3-2-4-6-10/h2-6,9,11,17H,7-8H2,1H3,(H2,16,20)(H,19,21). The number of primary amides is 1. The second-order valence-corrected chi connectivity index (χ2v) is 4.77. The van der Waals surface area contributed by atoms with Crippen LogP contribution in [0.3, 0.4) is 0 Å². The van der Waals surface area contributed by atoms with Gasteiger partial charge in [0.15, 0.2) is 5.69 Å². The zero-order valence-electron chi connectivity index (χ0n) is 12.2. The van der Waals surface area contributed by atoms with E-state index in [4.69, 9.17) is 10.2 Å². The number of carbonyl (C=O) groups excluding carboxylic acids is 2. The molecule has 0 aliphatic carbocycles. The molecule has 0 aliphatic rings. The van der Waals surface area contributed by atoms with Crippen molar-refractivity contribution in [1.82, 2.24) is 15.6 Å². The minimum absolute atomic E-state index is 0.115. The summed E-state index contributed by atoms with van der Waals surface area (Å²) in [6, 6.07) is 8.51. The lowest BCUT2D eigenvalue weighted by Gasteiger charge is -2.14. The van der Waals surface area contributed by atoms with E-state index < -0.39 is 17.9 Å². The number of nitrogens with two attached hydrogens (primary N) is 1. The van der Waals surface area contributed by atoms with E-state index >= 15 is 0 Å². The van der Waals surface area contributed by atoms with Gasteiger partial charge in [-0.2, -0.15) is 0 Å². The van der Waals surface area contributed by atoms with Gasteiger partial charge in [-0.05, 0) is 12.6 Å². The number of carbonyl (C=O) groups is 2. The molecule has 7 nitrogen and oxygen atoms in total. The van der Waals surface area contributed by atoms with Crippen LogP contribution in [0, 0.1) is 0 Å². The fourth-order valence-electron chi connectivity index (χ4n) is 1.95. The van der Waals surface area contributed by atoms with Crippen molar-refractivity contribution in [1.29, 1.82) is 0 Å². The predicted octanol–water partition coefficient (Wildman–Crippen LogP) is 0.220. The van der Waals surface area contributed by atoms with Crippen LogP contribution < -0.4 is 16.4 Å². The van der Waals surface area contributed by atoms with Crippen LogP contribution in [0.4, 0.5) is 0 Å². The maximum atomic E-state index is 12.1. The Labute approximate surface area is 127 Å². The highest BCUT2D eigenvalue weighted by Crippen LogP contribution is 2.06. The number of benzene rings is 1. The first-order chi connectivity index (χ1) is 10.6. The summed E-state index contributed by atoms with van der Waals surface area (Å²) >= 11 is 0. The number of amides is 2. The first-order valence-electron chi connectivity index (χ1n) is 6.83. The highest BCUT2D eigenvalue weighted by Gasteiger charge is 2.21. The van der Waals surface area contributed by atoms with Gasteiger partial charge in [-0.1, -0.05) is 30.3 Å². The second-order valence-electron chi connectivity index (χ2n) is 4.77. The molecule has 0 fully saturated rings. The van der Waals surface area contributed by atoms with Crippen LogP contribution in [-0.2, 0) is 17.8 Å². The fourth-order valence-corrected chi connectivity index (χ4v) is 1.95. The monoisotopic (exact) mass is 302 g/mol. The molecule has 116 valence electrons. The van der Waals surface area contributed by atoms with Crippen LogP contribution in [0.25, 0.3) is 0 Å². The lowest BCUT2D eigenvalue weighted by molar-refractivity contribution is -0.119. The van der Waals surface area contributed by atoms with Gasteiger partial charge in [0.25, 0.3) is 5.91 Å². The van der Waals surface area contributed by atoms with Crippen LogP contribution in [-0.4, -0.2) is 29.9 Å². The molecule has 0 spiro atoms. The zero-order valence-corrected chi connectivity index (χ0v) is 12.2. The van der Waals surface area contributed by atoms with Gasteiger partial charge in [-0.3, -0.25) is 9.59 Å². The highest BCUT2D eigenvalue weighted by molar-refractivity contribution is 5.95. The molecule has 0 radical (unpaired) electrons. The molecule has 0 saturated heterocycles. The Morgan fingerprint density at radius 2 is 2.05 bits per heavy atom. The molecule has 1 aromatic carbocycles. The largest absolute Gasteiger partial charge is 0.447 e. The zero-order chi connectivity index (χ0) is 15.9. The van der Waals surface area contributed by atoms with E-state index in [1.165, 1.54) is 6.26 Å². The van der Waals surface area contributed by atoms with E-state index in [0.717, 1.165) is 5.56 Å². The van der Waals surface area contributed by atoms with Gasteiger partial charge in [0, 0.05) is 6.42 Å². The number of hydrogen-bond acceptors (Lipinski definition) is 5. The Bertz CT molecular complexity index is 639. The Morgan fingerprint density at radius 1 is 1.32 bits per heavy atom. The van der Waals surface area contributed by atoms with E-state index in [2.05, 4.69) is 15.6 Å². The summed E-state index contributed by atoms with van der Waals surface area (Å²) in [6.07, 6.45) is 1.58. The first-order valence-corrected chi connectivity index (χ1v) is 6.83. The van der Waals surface area contributed by atoms with Crippen LogP contribution in [0.1, 0.15) is 21.9 Å². The van der Waals surface area contributed by atoms with Gasteiger partial charge in [0.2, 0.25) is 11.8 Å². The summed E-state index contributed by atoms with van der Waals surface area (Å²) in [6.45, 7) is 0.413. The van der Waals surface area contributed by atoms with Gasteiger partial charge >= 0.3 is 0 Å². The minimum atomic E-state index is -0.806. The molecule has 0 aliphatic heterocycles. The second kappa shape index (κ2) is 7.37. The number of aromatic nitrogens is 1. The van der Waals surface area contributed by atoms with Gasteiger partial charge in [0.05, 0.1) is 6.54 Å². The summed E-state index contributed by atoms with van der Waals surface area (Å²) < 4.78 is 5.14. The Kier molecular flexibility index (Phi) is 5.26. The lowest BCUT2D eigenvalue weighted by atomic mass is 10.1. The van der Waals surface area contributed by atoms with Gasteiger partial charge in [0.1, 0.15) is 12.3 Å². The van der Waals surface area contributed by atoms with Crippen molar-refractivity contribution >= 4 is 11.8 Å². The summed E-state index contributed by atoms with van der Waals surface area (Å²) in [7, 11) is 1.74. The van der Waals surface area contributed by atoms with Crippen molar-refractivity contribution < 1.29 is 14.0 Å². The smallest absolute Gasteiger partial charge is 0.273 e. The number of rotatable bonds is 7. The molecule has 1 unspecified atom stereocenters. The molecule has 2 aromatic rings. The normalized spacial score (nSPS) is 11.9. The number of oxazole rings is 1. The summed E-state index contributed by atoms with van der Waals surface area (Å²) in [4.78, 5) is 27.7. The molecule has 2 amide bonds. The van der Waals surface area contributed by atoms with Gasteiger partial charge < -0.3 is 20.8 Å². The molecule has 22 heavy (non-hydrogen) atoms. The molecular weight excluding hydrogens is 284 g/mol. The maximum absolute atomic E-state index is 12.1. The Morgan fingerprint density at radius 3 is 2.68 bits per heavy atom. The van der Waals surface area contributed by atoms with Crippen LogP contribution in [0.2, 0.25) is 0 Å². The SMILES string of the molecule is CNCc1nc(C(=O)NC(Cc2ccccc2)C(N)=O)co1. The van der Waals surface area contributed by atoms with E-state index in [1.807, 2.05) is 30.3 Å². The molecule has 1 heterocycles. The van der Waals surface area contributed by atoms with Crippen molar-refractivity contribution in [3.05, 3.63) is 53.7 Å². The first kappa shape index (κ1) is 15.7. The number of nitrogens with zero attached hydrogens (tertiary/aromatic N) is 1. The summed E-state index contributed by atoms with van der Waals surface area (Å²) in [5.74, 6) is -0.701. The van der Waals surface area contributed by atoms with Crippen molar-refractivity contribution in [3.63, 3.8) is 0 Å². The number of hydrogen-bond donors (Lipinski definition) is 3. The van der Waals surface area contributed by atoms with E-state index in [-0.39, 0.29) is 5.69 Å². The average Bonchev–Trinajstić information content (AvgIpc) is 2.96. The molecule has 4 N–H and O–H groups in total. The summed E-state index contributed by atoms with van der Waals surface area (Å²) in [5.41, 5.74) is 6.38. The van der Waals surface area contributed by atoms with Crippen LogP contribution >= 0.6 is 0 Å². The van der Waals surface area contributed by atoms with Crippen molar-refractivity contribution in [2.45, 2.75) is 19.0 Å². The average molecular weight is 302 g/mol. The minimum Gasteiger partial charge on any atom is -0.447 e. The lowest BCUT2D eigenvalue weighted by Crippen LogP contribution is -2.46. The topological polar surface area (TPSA) is 110 Å². The highest BCUT2D eigenvalue weighted by atomic mass is 16.3.